The maximum Gasteiger partial charge on any atom is 0.223 e. The fraction of sp³-hybridized carbons (Fsp3) is 0.650. The Morgan fingerprint density at radius 1 is 1.25 bits per heavy atom. The Bertz CT molecular complexity index is 551. The molecule has 1 aromatic rings. The first kappa shape index (κ1) is 19.2. The van der Waals surface area contributed by atoms with Crippen LogP contribution in [0.15, 0.2) is 30.3 Å². The number of carbonyl (C=O) groups is 1. The Morgan fingerprint density at radius 2 is 1.88 bits per heavy atom. The van der Waals surface area contributed by atoms with Gasteiger partial charge in [0.05, 0.1) is 12.6 Å². The number of piperidine rings is 1. The number of hydrogen-bond donors (Lipinski definition) is 0. The van der Waals surface area contributed by atoms with E-state index in [-0.39, 0.29) is 23.0 Å². The van der Waals surface area contributed by atoms with Gasteiger partial charge in [-0.15, -0.1) is 0 Å². The molecular weight excluding hydrogens is 314 g/mol. The third-order valence-corrected chi connectivity index (χ3v) is 10.2. The lowest BCUT2D eigenvalue weighted by Crippen LogP contribution is -2.48. The van der Waals surface area contributed by atoms with Gasteiger partial charge in [0, 0.05) is 12.5 Å². The topological polar surface area (TPSA) is 29.5 Å². The van der Waals surface area contributed by atoms with Gasteiger partial charge in [-0.2, -0.15) is 0 Å². The summed E-state index contributed by atoms with van der Waals surface area (Å²) in [4.78, 5) is 14.7. The lowest BCUT2D eigenvalue weighted by atomic mass is 9.97. The minimum atomic E-state index is -1.85. The Morgan fingerprint density at radius 3 is 2.42 bits per heavy atom. The normalized spacial score (nSPS) is 21.0. The highest BCUT2D eigenvalue weighted by atomic mass is 28.4. The largest absolute Gasteiger partial charge is 0.414 e. The predicted octanol–water partition coefficient (Wildman–Crippen LogP) is 5.15. The smallest absolute Gasteiger partial charge is 0.223 e. The number of benzene rings is 1. The molecule has 1 amide bonds. The second-order valence-electron chi connectivity index (χ2n) is 8.54. The molecular formula is C20H33NO2Si. The molecule has 2 rings (SSSR count). The molecule has 1 heterocycles. The van der Waals surface area contributed by atoms with Gasteiger partial charge in [0.15, 0.2) is 8.32 Å². The average Bonchev–Trinajstić information content (AvgIpc) is 2.50. The van der Waals surface area contributed by atoms with Gasteiger partial charge in [-0.1, -0.05) is 51.1 Å². The first-order valence-electron chi connectivity index (χ1n) is 9.13. The number of rotatable bonds is 5. The Hall–Kier alpha value is -1.13. The fourth-order valence-electron chi connectivity index (χ4n) is 3.06. The minimum Gasteiger partial charge on any atom is -0.414 e. The Labute approximate surface area is 148 Å². The highest BCUT2D eigenvalue weighted by Gasteiger charge is 2.39. The molecule has 24 heavy (non-hydrogen) atoms. The van der Waals surface area contributed by atoms with Crippen LogP contribution < -0.4 is 0 Å². The van der Waals surface area contributed by atoms with Crippen molar-refractivity contribution >= 4 is 14.2 Å². The van der Waals surface area contributed by atoms with Gasteiger partial charge in [-0.25, -0.2) is 0 Å². The number of nitrogens with zero attached hydrogens (tertiary/aromatic N) is 1. The van der Waals surface area contributed by atoms with Gasteiger partial charge in [-0.05, 0) is 43.5 Å². The zero-order valence-corrected chi connectivity index (χ0v) is 17.1. The monoisotopic (exact) mass is 347 g/mol. The summed E-state index contributed by atoms with van der Waals surface area (Å²) >= 11 is 0. The van der Waals surface area contributed by atoms with Crippen LogP contribution in [0.1, 0.15) is 58.6 Å². The summed E-state index contributed by atoms with van der Waals surface area (Å²) < 4.78 is 6.51. The number of amides is 1. The lowest BCUT2D eigenvalue weighted by Gasteiger charge is -2.43. The zero-order chi connectivity index (χ0) is 18.0. The lowest BCUT2D eigenvalue weighted by molar-refractivity contribution is -0.140. The maximum absolute atomic E-state index is 12.6. The molecule has 0 aliphatic carbocycles. The van der Waals surface area contributed by atoms with Gasteiger partial charge >= 0.3 is 0 Å². The van der Waals surface area contributed by atoms with Crippen LogP contribution in [-0.2, 0) is 9.22 Å². The molecule has 1 aliphatic heterocycles. The van der Waals surface area contributed by atoms with E-state index in [0.29, 0.717) is 13.0 Å². The highest BCUT2D eigenvalue weighted by molar-refractivity contribution is 6.74. The van der Waals surface area contributed by atoms with Crippen molar-refractivity contribution in [2.24, 2.45) is 0 Å². The Balaban J connectivity index is 2.26. The van der Waals surface area contributed by atoms with Gasteiger partial charge in [-0.3, -0.25) is 4.79 Å². The molecule has 0 radical (unpaired) electrons. The average molecular weight is 348 g/mol. The second kappa shape index (κ2) is 7.40. The molecule has 3 nitrogen and oxygen atoms in total. The van der Waals surface area contributed by atoms with Crippen molar-refractivity contribution in [1.82, 2.24) is 4.90 Å². The molecule has 1 aliphatic rings. The summed E-state index contributed by atoms with van der Waals surface area (Å²) in [5.74, 6) is 0.265. The molecule has 2 atom stereocenters. The third kappa shape index (κ3) is 4.28. The van der Waals surface area contributed by atoms with Crippen molar-refractivity contribution in [2.75, 3.05) is 6.61 Å². The number of likely N-dealkylation sites (tertiary alicyclic amines) is 1. The van der Waals surface area contributed by atoms with Crippen LogP contribution in [0.2, 0.25) is 18.1 Å². The molecule has 1 aromatic carbocycles. The number of hydrogen-bond acceptors (Lipinski definition) is 2. The standard InChI is InChI=1S/C20H33NO2Si/c1-16-11-10-14-19(22)21(16)18(17-12-8-7-9-13-17)15-23-24(5,6)20(2,3)4/h7-9,12-13,16,18H,10-11,14-15H2,1-6H3/t16-,18+/m1/s1. The van der Waals surface area contributed by atoms with Crippen LogP contribution in [0.5, 0.6) is 0 Å². The van der Waals surface area contributed by atoms with Crippen LogP contribution >= 0.6 is 0 Å². The van der Waals surface area contributed by atoms with E-state index >= 15 is 0 Å². The summed E-state index contributed by atoms with van der Waals surface area (Å²) in [6.07, 6.45) is 2.74. The summed E-state index contributed by atoms with van der Waals surface area (Å²) in [6, 6.07) is 10.7. The summed E-state index contributed by atoms with van der Waals surface area (Å²) in [7, 11) is -1.85. The third-order valence-electron chi connectivity index (χ3n) is 5.70. The van der Waals surface area contributed by atoms with E-state index in [1.165, 1.54) is 5.56 Å². The molecule has 0 N–H and O–H groups in total. The molecule has 0 saturated carbocycles. The van der Waals surface area contributed by atoms with E-state index in [2.05, 4.69) is 57.8 Å². The van der Waals surface area contributed by atoms with E-state index < -0.39 is 8.32 Å². The van der Waals surface area contributed by atoms with Crippen molar-refractivity contribution < 1.29 is 9.22 Å². The molecule has 4 heteroatoms. The first-order valence-corrected chi connectivity index (χ1v) is 12.0. The van der Waals surface area contributed by atoms with Crippen LogP contribution in [-0.4, -0.2) is 31.8 Å². The molecule has 0 bridgehead atoms. The van der Waals surface area contributed by atoms with Crippen molar-refractivity contribution in [3.05, 3.63) is 35.9 Å². The van der Waals surface area contributed by atoms with E-state index in [0.717, 1.165) is 12.8 Å². The second-order valence-corrected chi connectivity index (χ2v) is 13.3. The van der Waals surface area contributed by atoms with Crippen LogP contribution in [0.25, 0.3) is 0 Å². The van der Waals surface area contributed by atoms with Gasteiger partial charge in [0.25, 0.3) is 0 Å². The van der Waals surface area contributed by atoms with Crippen LogP contribution in [0.3, 0.4) is 0 Å². The van der Waals surface area contributed by atoms with Crippen molar-refractivity contribution in [3.63, 3.8) is 0 Å². The predicted molar refractivity (Wildman–Crippen MR) is 102 cm³/mol. The van der Waals surface area contributed by atoms with Gasteiger partial charge < -0.3 is 9.33 Å². The molecule has 0 spiro atoms. The van der Waals surface area contributed by atoms with Gasteiger partial charge in [0.1, 0.15) is 0 Å². The molecule has 134 valence electrons. The van der Waals surface area contributed by atoms with Crippen molar-refractivity contribution in [2.45, 2.75) is 77.2 Å². The van der Waals surface area contributed by atoms with E-state index in [1.807, 2.05) is 18.2 Å². The fourth-order valence-corrected chi connectivity index (χ4v) is 4.07. The quantitative estimate of drug-likeness (QED) is 0.689. The van der Waals surface area contributed by atoms with Crippen molar-refractivity contribution in [1.29, 1.82) is 0 Å². The van der Waals surface area contributed by atoms with Crippen molar-refractivity contribution in [3.8, 4) is 0 Å². The zero-order valence-electron chi connectivity index (χ0n) is 16.1. The summed E-state index contributed by atoms with van der Waals surface area (Å²) in [5.41, 5.74) is 1.18. The Kier molecular flexibility index (Phi) is 5.92. The van der Waals surface area contributed by atoms with Crippen LogP contribution in [0, 0.1) is 0 Å². The highest BCUT2D eigenvalue weighted by Crippen LogP contribution is 2.38. The molecule has 0 aromatic heterocycles. The van der Waals surface area contributed by atoms with E-state index in [1.54, 1.807) is 0 Å². The molecule has 0 unspecified atom stereocenters. The van der Waals surface area contributed by atoms with E-state index in [9.17, 15) is 4.79 Å². The van der Waals surface area contributed by atoms with E-state index in [4.69, 9.17) is 4.43 Å². The summed E-state index contributed by atoms with van der Waals surface area (Å²) in [5, 5.41) is 0.172. The maximum atomic E-state index is 12.6. The minimum absolute atomic E-state index is 0.0168. The SMILES string of the molecule is C[C@@H]1CCCC(=O)N1[C@@H](CO[Si](C)(C)C(C)(C)C)c1ccccc1. The molecule has 1 saturated heterocycles. The first-order chi connectivity index (χ1) is 11.1. The molecule has 1 fully saturated rings. The van der Waals surface area contributed by atoms with Gasteiger partial charge in [0.2, 0.25) is 5.91 Å². The van der Waals surface area contributed by atoms with Crippen LogP contribution in [0.4, 0.5) is 0 Å². The summed E-state index contributed by atoms with van der Waals surface area (Å²) in [6.45, 7) is 14.1. The number of carbonyl (C=O) groups excluding carboxylic acids is 1.